The highest BCUT2D eigenvalue weighted by atomic mass is 35.5. The second kappa shape index (κ2) is 8.28. The van der Waals surface area contributed by atoms with Gasteiger partial charge in [-0.2, -0.15) is 4.31 Å². The SMILES string of the molecule is CCNC(=O)CN(CC)S(=O)(=O)c1cc(C(=O)OC)ccc1Cl. The molecule has 0 bridgehead atoms. The van der Waals surface area contributed by atoms with Gasteiger partial charge in [0.1, 0.15) is 4.90 Å². The molecule has 1 rings (SSSR count). The van der Waals surface area contributed by atoms with Gasteiger partial charge in [-0.3, -0.25) is 4.79 Å². The van der Waals surface area contributed by atoms with Crippen LogP contribution in [0.2, 0.25) is 5.02 Å². The Morgan fingerprint density at radius 3 is 2.48 bits per heavy atom. The number of nitrogens with one attached hydrogen (secondary N) is 1. The molecule has 0 aliphatic rings. The van der Waals surface area contributed by atoms with Gasteiger partial charge in [0.05, 0.1) is 24.2 Å². The van der Waals surface area contributed by atoms with Crippen molar-refractivity contribution in [1.29, 1.82) is 0 Å². The Hall–Kier alpha value is -1.64. The van der Waals surface area contributed by atoms with Crippen LogP contribution < -0.4 is 5.32 Å². The topological polar surface area (TPSA) is 92.8 Å². The van der Waals surface area contributed by atoms with Gasteiger partial charge >= 0.3 is 5.97 Å². The number of amides is 1. The zero-order valence-electron chi connectivity index (χ0n) is 13.1. The summed E-state index contributed by atoms with van der Waals surface area (Å²) in [6.07, 6.45) is 0. The van der Waals surface area contributed by atoms with Crippen molar-refractivity contribution in [2.45, 2.75) is 18.7 Å². The van der Waals surface area contributed by atoms with Crippen LogP contribution >= 0.6 is 11.6 Å². The first-order chi connectivity index (χ1) is 10.8. The van der Waals surface area contributed by atoms with Crippen LogP contribution in [0, 0.1) is 0 Å². The fourth-order valence-electron chi connectivity index (χ4n) is 1.86. The van der Waals surface area contributed by atoms with Gasteiger partial charge in [-0.05, 0) is 25.1 Å². The summed E-state index contributed by atoms with van der Waals surface area (Å²) >= 11 is 5.97. The molecule has 0 aliphatic heterocycles. The third-order valence-corrected chi connectivity index (χ3v) is 5.42. The predicted octanol–water partition coefficient (Wildman–Crippen LogP) is 1.27. The molecule has 0 unspecified atom stereocenters. The molecule has 1 aromatic rings. The van der Waals surface area contributed by atoms with Crippen LogP contribution in [0.4, 0.5) is 0 Å². The maximum atomic E-state index is 12.7. The van der Waals surface area contributed by atoms with Crippen molar-refractivity contribution in [3.63, 3.8) is 0 Å². The molecule has 0 atom stereocenters. The maximum Gasteiger partial charge on any atom is 0.337 e. The second-order valence-corrected chi connectivity index (χ2v) is 6.84. The summed E-state index contributed by atoms with van der Waals surface area (Å²) in [7, 11) is -2.83. The van der Waals surface area contributed by atoms with Gasteiger partial charge in [-0.25, -0.2) is 13.2 Å². The summed E-state index contributed by atoms with van der Waals surface area (Å²) in [6.45, 7) is 3.49. The number of methoxy groups -OCH3 is 1. The molecule has 0 saturated carbocycles. The van der Waals surface area contributed by atoms with E-state index in [-0.39, 0.29) is 28.6 Å². The average Bonchev–Trinajstić information content (AvgIpc) is 2.52. The summed E-state index contributed by atoms with van der Waals surface area (Å²) in [4.78, 5) is 23.0. The van der Waals surface area contributed by atoms with Crippen LogP contribution in [-0.4, -0.2) is 51.3 Å². The van der Waals surface area contributed by atoms with Crippen molar-refractivity contribution in [2.75, 3.05) is 26.7 Å². The van der Waals surface area contributed by atoms with E-state index in [1.807, 2.05) is 0 Å². The van der Waals surface area contributed by atoms with E-state index in [1.165, 1.54) is 19.2 Å². The van der Waals surface area contributed by atoms with E-state index in [2.05, 4.69) is 10.1 Å². The van der Waals surface area contributed by atoms with Gasteiger partial charge < -0.3 is 10.1 Å². The number of nitrogens with zero attached hydrogens (tertiary/aromatic N) is 1. The fourth-order valence-corrected chi connectivity index (χ4v) is 3.77. The third-order valence-electron chi connectivity index (χ3n) is 3.02. The van der Waals surface area contributed by atoms with Crippen LogP contribution in [0.5, 0.6) is 0 Å². The smallest absolute Gasteiger partial charge is 0.337 e. The van der Waals surface area contributed by atoms with Gasteiger partial charge in [0.2, 0.25) is 15.9 Å². The Kier molecular flexibility index (Phi) is 6.99. The minimum Gasteiger partial charge on any atom is -0.465 e. The molecule has 0 radical (unpaired) electrons. The summed E-state index contributed by atoms with van der Waals surface area (Å²) < 4.78 is 31.0. The molecule has 0 aromatic heterocycles. The quantitative estimate of drug-likeness (QED) is 0.737. The van der Waals surface area contributed by atoms with E-state index >= 15 is 0 Å². The Morgan fingerprint density at radius 1 is 1.30 bits per heavy atom. The van der Waals surface area contributed by atoms with Crippen molar-refractivity contribution in [1.82, 2.24) is 9.62 Å². The molecule has 1 aromatic carbocycles. The normalized spacial score (nSPS) is 11.3. The number of halogens is 1. The van der Waals surface area contributed by atoms with Crippen LogP contribution in [-0.2, 0) is 19.6 Å². The summed E-state index contributed by atoms with van der Waals surface area (Å²) in [6, 6.07) is 3.82. The number of carbonyl (C=O) groups is 2. The van der Waals surface area contributed by atoms with E-state index in [1.54, 1.807) is 13.8 Å². The van der Waals surface area contributed by atoms with E-state index in [0.717, 1.165) is 10.4 Å². The number of ether oxygens (including phenoxy) is 1. The second-order valence-electron chi connectivity index (χ2n) is 4.52. The van der Waals surface area contributed by atoms with Gasteiger partial charge in [0.15, 0.2) is 0 Å². The molecule has 0 saturated heterocycles. The Labute approximate surface area is 140 Å². The zero-order chi connectivity index (χ0) is 17.6. The standard InChI is InChI=1S/C14H19ClN2O5S/c1-4-16-13(18)9-17(5-2)23(20,21)12-8-10(14(19)22-3)6-7-11(12)15/h6-8H,4-5,9H2,1-3H3,(H,16,18). The lowest BCUT2D eigenvalue weighted by Gasteiger charge is -2.20. The largest absolute Gasteiger partial charge is 0.465 e. The number of esters is 1. The minimum atomic E-state index is -4.03. The number of likely N-dealkylation sites (N-methyl/N-ethyl adjacent to an activating group) is 2. The highest BCUT2D eigenvalue weighted by Gasteiger charge is 2.28. The van der Waals surface area contributed by atoms with Crippen molar-refractivity contribution in [3.8, 4) is 0 Å². The highest BCUT2D eigenvalue weighted by molar-refractivity contribution is 7.89. The highest BCUT2D eigenvalue weighted by Crippen LogP contribution is 2.26. The first-order valence-electron chi connectivity index (χ1n) is 6.92. The molecule has 0 fully saturated rings. The number of rotatable bonds is 7. The van der Waals surface area contributed by atoms with E-state index in [0.29, 0.717) is 6.54 Å². The minimum absolute atomic E-state index is 0.0352. The van der Waals surface area contributed by atoms with Crippen LogP contribution in [0.3, 0.4) is 0 Å². The van der Waals surface area contributed by atoms with Crippen molar-refractivity contribution in [2.24, 2.45) is 0 Å². The molecule has 1 amide bonds. The lowest BCUT2D eigenvalue weighted by molar-refractivity contribution is -0.121. The van der Waals surface area contributed by atoms with Gasteiger partial charge in [-0.15, -0.1) is 0 Å². The number of sulfonamides is 1. The van der Waals surface area contributed by atoms with Crippen molar-refractivity contribution in [3.05, 3.63) is 28.8 Å². The first-order valence-corrected chi connectivity index (χ1v) is 8.74. The molecule has 0 aliphatic carbocycles. The number of hydrogen-bond donors (Lipinski definition) is 1. The predicted molar refractivity (Wildman–Crippen MR) is 85.9 cm³/mol. The fraction of sp³-hybridized carbons (Fsp3) is 0.429. The Morgan fingerprint density at radius 2 is 1.96 bits per heavy atom. The monoisotopic (exact) mass is 362 g/mol. The number of carbonyl (C=O) groups excluding carboxylic acids is 2. The van der Waals surface area contributed by atoms with Crippen molar-refractivity contribution >= 4 is 33.5 Å². The Bertz CT molecular complexity index is 690. The molecule has 7 nitrogen and oxygen atoms in total. The molecule has 9 heteroatoms. The summed E-state index contributed by atoms with van der Waals surface area (Å²) in [5, 5.41) is 2.50. The van der Waals surface area contributed by atoms with Crippen molar-refractivity contribution < 1.29 is 22.7 Å². The molecular formula is C14H19ClN2O5S. The first kappa shape index (κ1) is 19.4. The van der Waals surface area contributed by atoms with Gasteiger partial charge in [-0.1, -0.05) is 18.5 Å². The molecular weight excluding hydrogens is 344 g/mol. The van der Waals surface area contributed by atoms with E-state index < -0.39 is 21.9 Å². The maximum absolute atomic E-state index is 12.7. The Balaban J connectivity index is 3.24. The van der Waals surface area contributed by atoms with Gasteiger partial charge in [0.25, 0.3) is 0 Å². The number of benzene rings is 1. The van der Waals surface area contributed by atoms with E-state index in [9.17, 15) is 18.0 Å². The molecule has 1 N–H and O–H groups in total. The molecule has 23 heavy (non-hydrogen) atoms. The van der Waals surface area contributed by atoms with Crippen LogP contribution in [0.15, 0.2) is 23.1 Å². The number of hydrogen-bond acceptors (Lipinski definition) is 5. The molecule has 128 valence electrons. The van der Waals surface area contributed by atoms with Gasteiger partial charge in [0, 0.05) is 13.1 Å². The zero-order valence-corrected chi connectivity index (χ0v) is 14.7. The summed E-state index contributed by atoms with van der Waals surface area (Å²) in [5.74, 6) is -1.09. The average molecular weight is 363 g/mol. The lowest BCUT2D eigenvalue weighted by Crippen LogP contribution is -2.40. The van der Waals surface area contributed by atoms with Crippen LogP contribution in [0.1, 0.15) is 24.2 Å². The molecule has 0 spiro atoms. The molecule has 0 heterocycles. The lowest BCUT2D eigenvalue weighted by atomic mass is 10.2. The third kappa shape index (κ3) is 4.66. The summed E-state index contributed by atoms with van der Waals surface area (Å²) in [5.41, 5.74) is 0.0598. The van der Waals surface area contributed by atoms with Crippen LogP contribution in [0.25, 0.3) is 0 Å². The van der Waals surface area contributed by atoms with E-state index in [4.69, 9.17) is 11.6 Å².